The van der Waals surface area contributed by atoms with Crippen LogP contribution in [0.1, 0.15) is 79.3 Å². The molecule has 1 N–H and O–H groups in total. The topological polar surface area (TPSA) is 97.3 Å². The van der Waals surface area contributed by atoms with Gasteiger partial charge >= 0.3 is 6.18 Å². The molecule has 2 aliphatic heterocycles. The molecule has 2 aromatic carbocycles. The van der Waals surface area contributed by atoms with Crippen LogP contribution in [0.4, 0.5) is 18.9 Å². The second-order valence-electron chi connectivity index (χ2n) is 14.8. The van der Waals surface area contributed by atoms with E-state index in [0.717, 1.165) is 37.8 Å². The third-order valence-electron chi connectivity index (χ3n) is 11.5. The van der Waals surface area contributed by atoms with Crippen LogP contribution in [0.15, 0.2) is 52.9 Å². The summed E-state index contributed by atoms with van der Waals surface area (Å²) in [6, 6.07) is 11.1. The number of ether oxygens (including phenoxy) is 2. The lowest BCUT2D eigenvalue weighted by molar-refractivity contribution is -0.190. The number of anilines is 1. The van der Waals surface area contributed by atoms with E-state index in [2.05, 4.69) is 20.1 Å². The van der Waals surface area contributed by atoms with Crippen molar-refractivity contribution in [2.45, 2.75) is 81.9 Å². The molecule has 50 heavy (non-hydrogen) atoms. The average molecular weight is 734 g/mol. The lowest BCUT2D eigenvalue weighted by Gasteiger charge is -2.46. The van der Waals surface area contributed by atoms with Gasteiger partial charge in [0.05, 0.1) is 29.6 Å². The maximum atomic E-state index is 14.1. The summed E-state index contributed by atoms with van der Waals surface area (Å²) in [4.78, 5) is 29.0. The standard InChI is InChI=1S/C37H43ClF3N3O5S/c1-48-31-7-3-2-4-17-50(47,42-33(45)20-36(15-16-36)37(39,40)41)43-34(46)25-9-13-32-30(19-25)44(21-26-8-11-28(26)31)22-35(23-49-32)14-5-6-24-18-27(38)10-12-29(24)35/h3,7,9-10,12-13,18-19,26,28,31H,2,4-6,8,11,14-17,20-23H2,1H3,(H,42,43,45,46,47)/b7-3-/t26-,28+,31-,35-,50?/m0/s1. The molecule has 13 heteroatoms. The first-order chi connectivity index (χ1) is 23.8. The summed E-state index contributed by atoms with van der Waals surface area (Å²) in [6.07, 6.45) is 3.75. The molecular formula is C37H43ClF3N3O5S. The number of fused-ring (bicyclic) bond motifs is 4. The number of allylic oxidation sites excluding steroid dienone is 1. The summed E-state index contributed by atoms with van der Waals surface area (Å²) in [5.41, 5.74) is 0.884. The Morgan fingerprint density at radius 2 is 1.98 bits per heavy atom. The van der Waals surface area contributed by atoms with Crippen LogP contribution in [0.3, 0.4) is 0 Å². The SMILES string of the molecule is CO[C@H]1/C=C\CCCS(=O)(NC(=O)CC2(C(F)(F)F)CC2)=NC(=O)c2ccc3c(c2)N(C[C@@H]2CC[C@H]21)C[C@@]1(CCCc2cc(Cl)ccc21)CO3. The van der Waals surface area contributed by atoms with E-state index < -0.39 is 39.7 Å². The Labute approximate surface area is 296 Å². The summed E-state index contributed by atoms with van der Waals surface area (Å²) >= 11 is 6.41. The van der Waals surface area contributed by atoms with Crippen molar-refractivity contribution >= 4 is 39.0 Å². The molecule has 0 radical (unpaired) electrons. The molecular weight excluding hydrogens is 691 g/mol. The van der Waals surface area contributed by atoms with Crippen LogP contribution in [-0.2, 0) is 31.3 Å². The van der Waals surface area contributed by atoms with Gasteiger partial charge in [-0.3, -0.25) is 14.3 Å². The molecule has 2 saturated carbocycles. The normalized spacial score (nSPS) is 31.2. The largest absolute Gasteiger partial charge is 0.490 e. The quantitative estimate of drug-likeness (QED) is 0.326. The number of methoxy groups -OCH3 is 1. The first kappa shape index (κ1) is 35.3. The van der Waals surface area contributed by atoms with Crippen molar-refractivity contribution in [3.63, 3.8) is 0 Å². The van der Waals surface area contributed by atoms with Crippen LogP contribution in [-0.4, -0.2) is 60.9 Å². The minimum absolute atomic E-state index is 0.130. The minimum atomic E-state index is -4.55. The Morgan fingerprint density at radius 1 is 1.16 bits per heavy atom. The lowest BCUT2D eigenvalue weighted by atomic mass is 9.68. The van der Waals surface area contributed by atoms with Gasteiger partial charge in [0, 0.05) is 42.6 Å². The second kappa shape index (κ2) is 13.5. The van der Waals surface area contributed by atoms with Crippen molar-refractivity contribution in [1.82, 2.24) is 4.72 Å². The number of alkyl halides is 3. The number of rotatable bonds is 4. The highest BCUT2D eigenvalue weighted by Gasteiger charge is 2.64. The van der Waals surface area contributed by atoms with Crippen LogP contribution in [0.25, 0.3) is 0 Å². The molecule has 5 aliphatic rings. The number of benzene rings is 2. The fourth-order valence-corrected chi connectivity index (χ4v) is 10.1. The van der Waals surface area contributed by atoms with Gasteiger partial charge in [-0.15, -0.1) is 4.36 Å². The molecule has 0 aromatic heterocycles. The van der Waals surface area contributed by atoms with Gasteiger partial charge in [0.1, 0.15) is 15.7 Å². The first-order valence-electron chi connectivity index (χ1n) is 17.5. The van der Waals surface area contributed by atoms with Crippen molar-refractivity contribution in [3.8, 4) is 5.75 Å². The number of carbonyl (C=O) groups excluding carboxylic acids is 2. The maximum Gasteiger partial charge on any atom is 0.395 e. The van der Waals surface area contributed by atoms with Gasteiger partial charge < -0.3 is 14.4 Å². The number of amides is 2. The van der Waals surface area contributed by atoms with Crippen molar-refractivity contribution < 1.29 is 36.4 Å². The third-order valence-corrected chi connectivity index (χ3v) is 13.6. The van der Waals surface area contributed by atoms with Crippen LogP contribution in [0.2, 0.25) is 5.02 Å². The zero-order valence-corrected chi connectivity index (χ0v) is 29.7. The highest BCUT2D eigenvalue weighted by atomic mass is 35.5. The summed E-state index contributed by atoms with van der Waals surface area (Å²) in [5.74, 6) is -0.799. The predicted octanol–water partition coefficient (Wildman–Crippen LogP) is 7.58. The van der Waals surface area contributed by atoms with Crippen molar-refractivity contribution in [1.29, 1.82) is 0 Å². The Balaban J connectivity index is 1.26. The number of hydrogen-bond acceptors (Lipinski definition) is 6. The molecule has 3 aliphatic carbocycles. The number of aryl methyl sites for hydroxylation is 1. The molecule has 270 valence electrons. The van der Waals surface area contributed by atoms with E-state index in [0.29, 0.717) is 49.2 Å². The number of hydrogen-bond donors (Lipinski definition) is 1. The van der Waals surface area contributed by atoms with Gasteiger partial charge in [0.25, 0.3) is 5.91 Å². The molecule has 5 atom stereocenters. The fourth-order valence-electron chi connectivity index (χ4n) is 8.35. The number of nitrogens with one attached hydrogen (secondary N) is 1. The summed E-state index contributed by atoms with van der Waals surface area (Å²) < 4.78 is 73.8. The van der Waals surface area contributed by atoms with Crippen molar-refractivity contribution in [2.75, 3.05) is 37.5 Å². The predicted molar refractivity (Wildman–Crippen MR) is 186 cm³/mol. The summed E-state index contributed by atoms with van der Waals surface area (Å²) in [5, 5.41) is 0.701. The molecule has 2 aromatic rings. The molecule has 2 bridgehead atoms. The monoisotopic (exact) mass is 733 g/mol. The Morgan fingerprint density at radius 3 is 2.70 bits per heavy atom. The molecule has 0 saturated heterocycles. The summed E-state index contributed by atoms with van der Waals surface area (Å²) in [6.45, 7) is 1.80. The van der Waals surface area contributed by atoms with Gasteiger partial charge in [-0.05, 0) is 111 Å². The number of carbonyl (C=O) groups is 2. The van der Waals surface area contributed by atoms with E-state index in [-0.39, 0.29) is 41.6 Å². The zero-order chi connectivity index (χ0) is 35.3. The van der Waals surface area contributed by atoms with Crippen LogP contribution in [0, 0.1) is 17.3 Å². The Hall–Kier alpha value is -3.09. The summed E-state index contributed by atoms with van der Waals surface area (Å²) in [7, 11) is -2.05. The number of halogens is 4. The van der Waals surface area contributed by atoms with Crippen LogP contribution >= 0.6 is 11.6 Å². The third kappa shape index (κ3) is 6.91. The van der Waals surface area contributed by atoms with Crippen molar-refractivity contribution in [3.05, 3.63) is 70.3 Å². The average Bonchev–Trinajstić information content (AvgIpc) is 3.86. The van der Waals surface area contributed by atoms with E-state index in [1.54, 1.807) is 25.3 Å². The molecule has 2 amide bonds. The highest BCUT2D eigenvalue weighted by molar-refractivity contribution is 7.92. The van der Waals surface area contributed by atoms with E-state index in [1.807, 2.05) is 24.3 Å². The van der Waals surface area contributed by atoms with E-state index in [9.17, 15) is 27.0 Å². The minimum Gasteiger partial charge on any atom is -0.490 e. The number of nitrogens with zero attached hydrogens (tertiary/aromatic N) is 2. The van der Waals surface area contributed by atoms with Gasteiger partial charge in [0.2, 0.25) is 5.91 Å². The molecule has 1 unspecified atom stereocenters. The van der Waals surface area contributed by atoms with Crippen LogP contribution in [0.5, 0.6) is 5.75 Å². The first-order valence-corrected chi connectivity index (χ1v) is 19.6. The van der Waals surface area contributed by atoms with Crippen molar-refractivity contribution in [2.24, 2.45) is 21.6 Å². The Kier molecular flexibility index (Phi) is 9.52. The van der Waals surface area contributed by atoms with E-state index in [4.69, 9.17) is 21.1 Å². The van der Waals surface area contributed by atoms with E-state index in [1.165, 1.54) is 11.1 Å². The fraction of sp³-hybridized carbons (Fsp3) is 0.568. The molecule has 2 heterocycles. The molecule has 7 rings (SSSR count). The molecule has 1 spiro atoms. The van der Waals surface area contributed by atoms with Gasteiger partial charge in [-0.25, -0.2) is 4.21 Å². The zero-order valence-electron chi connectivity index (χ0n) is 28.1. The molecule has 2 fully saturated rings. The molecule has 8 nitrogen and oxygen atoms in total. The lowest BCUT2D eigenvalue weighted by Crippen LogP contribution is -2.49. The Bertz CT molecular complexity index is 1820. The second-order valence-corrected chi connectivity index (χ2v) is 17.3. The highest BCUT2D eigenvalue weighted by Crippen LogP contribution is 2.60. The van der Waals surface area contributed by atoms with Gasteiger partial charge in [0.15, 0.2) is 0 Å². The maximum absolute atomic E-state index is 14.1. The van der Waals surface area contributed by atoms with E-state index >= 15 is 0 Å². The smallest absolute Gasteiger partial charge is 0.395 e. The van der Waals surface area contributed by atoms with Crippen LogP contribution < -0.4 is 14.4 Å². The van der Waals surface area contributed by atoms with Gasteiger partial charge in [-0.1, -0.05) is 29.8 Å². The van der Waals surface area contributed by atoms with Gasteiger partial charge in [-0.2, -0.15) is 13.2 Å².